The van der Waals surface area contributed by atoms with Crippen LogP contribution in [0.2, 0.25) is 5.02 Å². The number of rotatable bonds is 6. The van der Waals surface area contributed by atoms with E-state index in [2.05, 4.69) is 35.1 Å². The minimum atomic E-state index is 0.580. The van der Waals surface area contributed by atoms with E-state index in [4.69, 9.17) is 16.3 Å². The van der Waals surface area contributed by atoms with E-state index in [1.807, 2.05) is 18.2 Å². The van der Waals surface area contributed by atoms with Gasteiger partial charge in [-0.15, -0.1) is 0 Å². The molecule has 0 aliphatic carbocycles. The number of anilines is 1. The van der Waals surface area contributed by atoms with E-state index < -0.39 is 0 Å². The smallest absolute Gasteiger partial charge is 0.0648 e. The SMILES string of the molecule is CC(C)COCCNc1ccc(Br)cc1Cl. The molecule has 16 heavy (non-hydrogen) atoms. The van der Waals surface area contributed by atoms with Gasteiger partial charge in [0.05, 0.1) is 17.3 Å². The van der Waals surface area contributed by atoms with Gasteiger partial charge in [-0.3, -0.25) is 0 Å². The molecule has 1 N–H and O–H groups in total. The van der Waals surface area contributed by atoms with Crippen molar-refractivity contribution in [2.45, 2.75) is 13.8 Å². The third-order valence-corrected chi connectivity index (χ3v) is 2.75. The molecular weight excluding hydrogens is 289 g/mol. The lowest BCUT2D eigenvalue weighted by Crippen LogP contribution is -2.12. The number of hydrogen-bond donors (Lipinski definition) is 1. The molecule has 1 aromatic carbocycles. The summed E-state index contributed by atoms with van der Waals surface area (Å²) in [6, 6.07) is 5.79. The Morgan fingerprint density at radius 1 is 1.44 bits per heavy atom. The van der Waals surface area contributed by atoms with Crippen molar-refractivity contribution in [2.75, 3.05) is 25.1 Å². The summed E-state index contributed by atoms with van der Waals surface area (Å²) in [5, 5.41) is 3.96. The van der Waals surface area contributed by atoms with Gasteiger partial charge in [0, 0.05) is 17.6 Å². The molecule has 0 aliphatic heterocycles. The van der Waals surface area contributed by atoms with Crippen LogP contribution in [0.25, 0.3) is 0 Å². The molecule has 0 bridgehead atoms. The molecule has 0 aromatic heterocycles. The summed E-state index contributed by atoms with van der Waals surface area (Å²) >= 11 is 9.43. The highest BCUT2D eigenvalue weighted by Gasteiger charge is 2.00. The van der Waals surface area contributed by atoms with Gasteiger partial charge in [0.2, 0.25) is 0 Å². The second-order valence-corrected chi connectivity index (χ2v) is 5.34. The van der Waals surface area contributed by atoms with Crippen LogP contribution >= 0.6 is 27.5 Å². The van der Waals surface area contributed by atoms with E-state index in [-0.39, 0.29) is 0 Å². The summed E-state index contributed by atoms with van der Waals surface area (Å²) < 4.78 is 6.45. The zero-order chi connectivity index (χ0) is 12.0. The highest BCUT2D eigenvalue weighted by molar-refractivity contribution is 9.10. The zero-order valence-corrected chi connectivity index (χ0v) is 11.9. The lowest BCUT2D eigenvalue weighted by molar-refractivity contribution is 0.118. The molecule has 90 valence electrons. The zero-order valence-electron chi connectivity index (χ0n) is 9.59. The average molecular weight is 307 g/mol. The molecule has 0 aliphatic rings. The van der Waals surface area contributed by atoms with E-state index in [9.17, 15) is 0 Å². The van der Waals surface area contributed by atoms with Crippen molar-refractivity contribution in [3.8, 4) is 0 Å². The van der Waals surface area contributed by atoms with Crippen molar-refractivity contribution < 1.29 is 4.74 Å². The number of ether oxygens (including phenoxy) is 1. The first-order valence-electron chi connectivity index (χ1n) is 5.36. The summed E-state index contributed by atoms with van der Waals surface area (Å²) in [6.45, 7) is 6.55. The Balaban J connectivity index is 2.27. The predicted octanol–water partition coefficient (Wildman–Crippen LogP) is 4.19. The van der Waals surface area contributed by atoms with Gasteiger partial charge in [-0.1, -0.05) is 41.4 Å². The van der Waals surface area contributed by atoms with Crippen molar-refractivity contribution in [2.24, 2.45) is 5.92 Å². The largest absolute Gasteiger partial charge is 0.382 e. The molecule has 4 heteroatoms. The van der Waals surface area contributed by atoms with Gasteiger partial charge in [-0.2, -0.15) is 0 Å². The average Bonchev–Trinajstić information content (AvgIpc) is 2.20. The Labute approximate surface area is 110 Å². The highest BCUT2D eigenvalue weighted by atomic mass is 79.9. The van der Waals surface area contributed by atoms with Crippen molar-refractivity contribution >= 4 is 33.2 Å². The Morgan fingerprint density at radius 3 is 2.81 bits per heavy atom. The van der Waals surface area contributed by atoms with Crippen molar-refractivity contribution in [3.05, 3.63) is 27.7 Å². The van der Waals surface area contributed by atoms with Gasteiger partial charge < -0.3 is 10.1 Å². The first-order valence-corrected chi connectivity index (χ1v) is 6.53. The summed E-state index contributed by atoms with van der Waals surface area (Å²) in [7, 11) is 0. The quantitative estimate of drug-likeness (QED) is 0.796. The molecule has 1 aromatic rings. The van der Waals surface area contributed by atoms with Gasteiger partial charge in [0.1, 0.15) is 0 Å². The van der Waals surface area contributed by atoms with E-state index in [1.165, 1.54) is 0 Å². The van der Waals surface area contributed by atoms with Crippen LogP contribution in [0.4, 0.5) is 5.69 Å². The Bertz CT molecular complexity index is 331. The van der Waals surface area contributed by atoms with Crippen LogP contribution in [0.5, 0.6) is 0 Å². The van der Waals surface area contributed by atoms with Crippen LogP contribution < -0.4 is 5.32 Å². The van der Waals surface area contributed by atoms with Crippen LogP contribution in [0.3, 0.4) is 0 Å². The van der Waals surface area contributed by atoms with Crippen molar-refractivity contribution in [3.63, 3.8) is 0 Å². The molecule has 0 saturated heterocycles. The summed E-state index contributed by atoms with van der Waals surface area (Å²) in [5.74, 6) is 0.580. The fourth-order valence-corrected chi connectivity index (χ4v) is 1.95. The Morgan fingerprint density at radius 2 is 2.19 bits per heavy atom. The molecule has 0 unspecified atom stereocenters. The van der Waals surface area contributed by atoms with Gasteiger partial charge in [-0.05, 0) is 24.1 Å². The predicted molar refractivity (Wildman–Crippen MR) is 73.3 cm³/mol. The number of nitrogens with one attached hydrogen (secondary N) is 1. The van der Waals surface area contributed by atoms with Crippen molar-refractivity contribution in [1.82, 2.24) is 0 Å². The van der Waals surface area contributed by atoms with E-state index >= 15 is 0 Å². The first kappa shape index (κ1) is 13.8. The summed E-state index contributed by atoms with van der Waals surface area (Å²) in [4.78, 5) is 0. The van der Waals surface area contributed by atoms with Gasteiger partial charge in [0.25, 0.3) is 0 Å². The molecule has 0 radical (unpaired) electrons. The van der Waals surface area contributed by atoms with Gasteiger partial charge in [-0.25, -0.2) is 0 Å². The number of hydrogen-bond acceptors (Lipinski definition) is 2. The van der Waals surface area contributed by atoms with Crippen LogP contribution in [-0.4, -0.2) is 19.8 Å². The third kappa shape index (κ3) is 5.19. The molecule has 0 amide bonds. The van der Waals surface area contributed by atoms with Crippen LogP contribution in [0.15, 0.2) is 22.7 Å². The minimum absolute atomic E-state index is 0.580. The fraction of sp³-hybridized carbons (Fsp3) is 0.500. The molecule has 0 fully saturated rings. The Kier molecular flexibility index (Phi) is 6.17. The van der Waals surface area contributed by atoms with Crippen molar-refractivity contribution in [1.29, 1.82) is 0 Å². The fourth-order valence-electron chi connectivity index (χ4n) is 1.21. The molecule has 0 spiro atoms. The lowest BCUT2D eigenvalue weighted by atomic mass is 10.2. The monoisotopic (exact) mass is 305 g/mol. The Hall–Kier alpha value is -0.250. The molecule has 2 nitrogen and oxygen atoms in total. The van der Waals surface area contributed by atoms with Crippen LogP contribution in [-0.2, 0) is 4.74 Å². The van der Waals surface area contributed by atoms with Crippen LogP contribution in [0.1, 0.15) is 13.8 Å². The summed E-state index contributed by atoms with van der Waals surface area (Å²) in [6.07, 6.45) is 0. The topological polar surface area (TPSA) is 21.3 Å². The van der Waals surface area contributed by atoms with E-state index in [1.54, 1.807) is 0 Å². The maximum absolute atomic E-state index is 6.06. The third-order valence-electron chi connectivity index (χ3n) is 1.94. The molecular formula is C12H17BrClNO. The number of halogens is 2. The van der Waals surface area contributed by atoms with Gasteiger partial charge in [0.15, 0.2) is 0 Å². The normalized spacial score (nSPS) is 10.8. The molecule has 0 atom stereocenters. The number of benzene rings is 1. The maximum atomic E-state index is 6.06. The molecule has 1 rings (SSSR count). The molecule has 0 saturated carbocycles. The maximum Gasteiger partial charge on any atom is 0.0648 e. The second kappa shape index (κ2) is 7.15. The van der Waals surface area contributed by atoms with E-state index in [0.29, 0.717) is 12.5 Å². The first-order chi connectivity index (χ1) is 7.59. The van der Waals surface area contributed by atoms with Gasteiger partial charge >= 0.3 is 0 Å². The minimum Gasteiger partial charge on any atom is -0.382 e. The standard InChI is InChI=1S/C12H17BrClNO/c1-9(2)8-16-6-5-15-12-4-3-10(13)7-11(12)14/h3-4,7,9,15H,5-6,8H2,1-2H3. The van der Waals surface area contributed by atoms with Crippen LogP contribution in [0, 0.1) is 5.92 Å². The lowest BCUT2D eigenvalue weighted by Gasteiger charge is -2.10. The molecule has 0 heterocycles. The highest BCUT2D eigenvalue weighted by Crippen LogP contribution is 2.25. The van der Waals surface area contributed by atoms with E-state index in [0.717, 1.165) is 28.3 Å². The second-order valence-electron chi connectivity index (χ2n) is 4.02. The summed E-state index contributed by atoms with van der Waals surface area (Å²) in [5.41, 5.74) is 0.943.